The van der Waals surface area contributed by atoms with Crippen LogP contribution in [0.2, 0.25) is 5.02 Å². The van der Waals surface area contributed by atoms with Crippen molar-refractivity contribution in [3.8, 4) is 0 Å². The van der Waals surface area contributed by atoms with Gasteiger partial charge in [-0.2, -0.15) is 0 Å². The molecule has 2 N–H and O–H groups in total. The van der Waals surface area contributed by atoms with Crippen LogP contribution in [0.3, 0.4) is 0 Å². The summed E-state index contributed by atoms with van der Waals surface area (Å²) in [6.45, 7) is 2.03. The summed E-state index contributed by atoms with van der Waals surface area (Å²) in [5.74, 6) is 0.735. The largest absolute Gasteiger partial charge is 0.465 e. The van der Waals surface area contributed by atoms with Gasteiger partial charge in [-0.1, -0.05) is 29.3 Å². The fourth-order valence-electron chi connectivity index (χ4n) is 2.28. The molecule has 0 atom stereocenters. The Balaban J connectivity index is 1.80. The second kappa shape index (κ2) is 7.84. The van der Waals surface area contributed by atoms with Crippen molar-refractivity contribution in [2.45, 2.75) is 6.92 Å². The van der Waals surface area contributed by atoms with Crippen molar-refractivity contribution < 1.29 is 9.53 Å². The number of anilines is 4. The third kappa shape index (κ3) is 4.29. The Hall–Kier alpha value is -3.12. The molecule has 3 rings (SSSR count). The Morgan fingerprint density at radius 3 is 2.38 bits per heavy atom. The lowest BCUT2D eigenvalue weighted by Gasteiger charge is -2.11. The molecule has 0 saturated carbocycles. The van der Waals surface area contributed by atoms with Crippen molar-refractivity contribution >= 4 is 40.6 Å². The molecule has 0 amide bonds. The molecule has 0 unspecified atom stereocenters. The van der Waals surface area contributed by atoms with Crippen molar-refractivity contribution in [1.82, 2.24) is 9.97 Å². The van der Waals surface area contributed by atoms with Gasteiger partial charge >= 0.3 is 5.97 Å². The van der Waals surface area contributed by atoms with Gasteiger partial charge in [0.25, 0.3) is 0 Å². The van der Waals surface area contributed by atoms with Gasteiger partial charge in [-0.25, -0.2) is 14.8 Å². The normalized spacial score (nSPS) is 10.3. The number of rotatable bonds is 5. The summed E-state index contributed by atoms with van der Waals surface area (Å²) >= 11 is 6.20. The van der Waals surface area contributed by atoms with Gasteiger partial charge in [0.2, 0.25) is 0 Å². The minimum Gasteiger partial charge on any atom is -0.465 e. The van der Waals surface area contributed by atoms with E-state index < -0.39 is 5.97 Å². The Morgan fingerprint density at radius 2 is 1.69 bits per heavy atom. The second-order valence-corrected chi connectivity index (χ2v) is 6.00. The van der Waals surface area contributed by atoms with Crippen LogP contribution in [0.15, 0.2) is 54.9 Å². The maximum Gasteiger partial charge on any atom is 0.337 e. The van der Waals surface area contributed by atoms with Crippen molar-refractivity contribution in [3.05, 3.63) is 71.0 Å². The first-order valence-electron chi connectivity index (χ1n) is 7.86. The quantitative estimate of drug-likeness (QED) is 0.635. The van der Waals surface area contributed by atoms with Crippen LogP contribution >= 0.6 is 11.6 Å². The minimum absolute atomic E-state index is 0.395. The van der Waals surface area contributed by atoms with Crippen LogP contribution in [0.4, 0.5) is 23.0 Å². The fraction of sp³-hybridized carbons (Fsp3) is 0.105. The number of esters is 1. The predicted molar refractivity (Wildman–Crippen MR) is 103 cm³/mol. The molecule has 0 aliphatic carbocycles. The van der Waals surface area contributed by atoms with Crippen LogP contribution in [0.5, 0.6) is 0 Å². The number of benzene rings is 2. The van der Waals surface area contributed by atoms with Gasteiger partial charge in [0.05, 0.1) is 23.4 Å². The second-order valence-electron chi connectivity index (χ2n) is 5.59. The number of aryl methyl sites for hydroxylation is 1. The molecule has 0 saturated heterocycles. The summed E-state index contributed by atoms with van der Waals surface area (Å²) in [5.41, 5.74) is 3.05. The van der Waals surface area contributed by atoms with E-state index in [4.69, 9.17) is 16.3 Å². The average molecular weight is 369 g/mol. The summed E-state index contributed by atoms with van der Waals surface area (Å²) in [7, 11) is 1.33. The molecule has 7 heteroatoms. The topological polar surface area (TPSA) is 76.1 Å². The Morgan fingerprint density at radius 1 is 1.00 bits per heavy atom. The summed E-state index contributed by atoms with van der Waals surface area (Å²) < 4.78 is 4.73. The molecule has 1 heterocycles. The maximum atomic E-state index is 11.7. The third-order valence-corrected chi connectivity index (χ3v) is 3.97. The molecule has 132 valence electrons. The van der Waals surface area contributed by atoms with E-state index in [-0.39, 0.29) is 0 Å². The summed E-state index contributed by atoms with van der Waals surface area (Å²) in [6, 6.07) is 14.6. The summed E-state index contributed by atoms with van der Waals surface area (Å²) in [4.78, 5) is 20.1. The number of ether oxygens (including phenoxy) is 1. The molecule has 0 bridgehead atoms. The predicted octanol–water partition coefficient (Wildman–Crippen LogP) is 4.71. The van der Waals surface area contributed by atoms with Crippen LogP contribution < -0.4 is 10.6 Å². The van der Waals surface area contributed by atoms with E-state index in [1.165, 1.54) is 19.0 Å². The maximum absolute atomic E-state index is 11.7. The zero-order valence-electron chi connectivity index (χ0n) is 14.3. The number of methoxy groups -OCH3 is 1. The highest BCUT2D eigenvalue weighted by Gasteiger charge is 2.10. The van der Waals surface area contributed by atoms with E-state index >= 15 is 0 Å². The summed E-state index contributed by atoms with van der Waals surface area (Å²) in [5, 5.41) is 6.77. The van der Waals surface area contributed by atoms with Gasteiger partial charge in [0.15, 0.2) is 0 Å². The number of carbonyl (C=O) groups excluding carboxylic acids is 1. The molecule has 2 aromatic carbocycles. The van der Waals surface area contributed by atoms with E-state index in [1.54, 1.807) is 24.3 Å². The number of carbonyl (C=O) groups is 1. The average Bonchev–Trinajstić information content (AvgIpc) is 2.65. The standard InChI is InChI=1S/C19H17ClN4O2/c1-12-3-6-14(7-4-12)23-17-10-18(22-11-21-17)24-16-9-13(19(25)26-2)5-8-15(16)20/h3-11H,1-2H3,(H2,21,22,23,24). The lowest BCUT2D eigenvalue weighted by Crippen LogP contribution is -2.03. The van der Waals surface area contributed by atoms with Gasteiger partial charge in [-0.15, -0.1) is 0 Å². The molecular weight excluding hydrogens is 352 g/mol. The summed E-state index contributed by atoms with van der Waals surface area (Å²) in [6.07, 6.45) is 1.44. The van der Waals surface area contributed by atoms with E-state index in [1.807, 2.05) is 31.2 Å². The van der Waals surface area contributed by atoms with Crippen LogP contribution in [0.1, 0.15) is 15.9 Å². The first-order chi connectivity index (χ1) is 12.5. The monoisotopic (exact) mass is 368 g/mol. The molecule has 0 spiro atoms. The molecule has 26 heavy (non-hydrogen) atoms. The van der Waals surface area contributed by atoms with Crippen molar-refractivity contribution in [2.24, 2.45) is 0 Å². The van der Waals surface area contributed by atoms with E-state index in [0.717, 1.165) is 5.69 Å². The minimum atomic E-state index is -0.436. The van der Waals surface area contributed by atoms with Crippen molar-refractivity contribution in [3.63, 3.8) is 0 Å². The zero-order chi connectivity index (χ0) is 18.5. The first-order valence-corrected chi connectivity index (χ1v) is 8.23. The van der Waals surface area contributed by atoms with Gasteiger partial charge in [0.1, 0.15) is 18.0 Å². The number of aromatic nitrogens is 2. The molecule has 0 aliphatic rings. The molecule has 3 aromatic rings. The van der Waals surface area contributed by atoms with Crippen molar-refractivity contribution in [2.75, 3.05) is 17.7 Å². The van der Waals surface area contributed by atoms with Crippen LogP contribution in [0.25, 0.3) is 0 Å². The van der Waals surface area contributed by atoms with Gasteiger partial charge in [-0.3, -0.25) is 0 Å². The van der Waals surface area contributed by atoms with Crippen molar-refractivity contribution in [1.29, 1.82) is 0 Å². The van der Waals surface area contributed by atoms with Crippen LogP contribution in [0, 0.1) is 6.92 Å². The third-order valence-electron chi connectivity index (χ3n) is 3.64. The Bertz CT molecular complexity index is 929. The fourth-order valence-corrected chi connectivity index (χ4v) is 2.45. The Labute approximate surface area is 156 Å². The van der Waals surface area contributed by atoms with Crippen LogP contribution in [-0.2, 0) is 4.74 Å². The first kappa shape index (κ1) is 17.7. The molecule has 1 aromatic heterocycles. The van der Waals surface area contributed by atoms with Gasteiger partial charge < -0.3 is 15.4 Å². The van der Waals surface area contributed by atoms with Gasteiger partial charge in [0, 0.05) is 11.8 Å². The number of nitrogens with zero attached hydrogens (tertiary/aromatic N) is 2. The lowest BCUT2D eigenvalue weighted by atomic mass is 10.2. The highest BCUT2D eigenvalue weighted by Crippen LogP contribution is 2.27. The number of nitrogens with one attached hydrogen (secondary N) is 2. The number of hydrogen-bond acceptors (Lipinski definition) is 6. The van der Waals surface area contributed by atoms with E-state index in [9.17, 15) is 4.79 Å². The van der Waals surface area contributed by atoms with Crippen LogP contribution in [-0.4, -0.2) is 23.0 Å². The Kier molecular flexibility index (Phi) is 5.34. The molecule has 0 aliphatic heterocycles. The number of hydrogen-bond donors (Lipinski definition) is 2. The molecule has 6 nitrogen and oxygen atoms in total. The highest BCUT2D eigenvalue weighted by atomic mass is 35.5. The zero-order valence-corrected chi connectivity index (χ0v) is 15.0. The SMILES string of the molecule is COC(=O)c1ccc(Cl)c(Nc2cc(Nc3ccc(C)cc3)ncn2)c1. The number of halogens is 1. The smallest absolute Gasteiger partial charge is 0.337 e. The molecule has 0 fully saturated rings. The van der Waals surface area contributed by atoms with Gasteiger partial charge in [-0.05, 0) is 37.3 Å². The van der Waals surface area contributed by atoms with E-state index in [0.29, 0.717) is 27.9 Å². The lowest BCUT2D eigenvalue weighted by molar-refractivity contribution is 0.0601. The van der Waals surface area contributed by atoms with E-state index in [2.05, 4.69) is 20.6 Å². The highest BCUT2D eigenvalue weighted by molar-refractivity contribution is 6.33. The molecular formula is C19H17ClN4O2. The molecule has 0 radical (unpaired) electrons.